The van der Waals surface area contributed by atoms with Gasteiger partial charge in [-0.2, -0.15) is 13.2 Å². The van der Waals surface area contributed by atoms with Gasteiger partial charge in [0.1, 0.15) is 0 Å². The van der Waals surface area contributed by atoms with E-state index in [9.17, 15) is 18.0 Å². The number of halogens is 3. The van der Waals surface area contributed by atoms with Crippen molar-refractivity contribution in [1.82, 2.24) is 0 Å². The molecule has 0 saturated carbocycles. The summed E-state index contributed by atoms with van der Waals surface area (Å²) in [6.07, 6.45) is -4.90. The van der Waals surface area contributed by atoms with Crippen molar-refractivity contribution >= 4 is 38.0 Å². The molecule has 0 atom stereocenters. The molecule has 0 bridgehead atoms. The zero-order chi connectivity index (χ0) is 17.6. The predicted octanol–water partition coefficient (Wildman–Crippen LogP) is 6.47. The summed E-state index contributed by atoms with van der Waals surface area (Å²) in [6.45, 7) is 0. The minimum absolute atomic E-state index is 0.260. The third-order valence-electron chi connectivity index (χ3n) is 4.10. The van der Waals surface area contributed by atoms with Crippen molar-refractivity contribution in [3.63, 3.8) is 0 Å². The van der Waals surface area contributed by atoms with E-state index < -0.39 is 12.0 Å². The molecule has 0 spiro atoms. The summed E-state index contributed by atoms with van der Waals surface area (Å²) < 4.78 is 39.9. The highest BCUT2D eigenvalue weighted by Gasteiger charge is 2.42. The SMILES string of the molecule is O=C(c1sc2ccccc2c1-c1ccc2ccccc2c1)C(F)(F)F. The second kappa shape index (κ2) is 5.70. The zero-order valence-corrected chi connectivity index (χ0v) is 13.6. The van der Waals surface area contributed by atoms with Crippen molar-refractivity contribution in [1.29, 1.82) is 0 Å². The summed E-state index contributed by atoms with van der Waals surface area (Å²) in [7, 11) is 0. The van der Waals surface area contributed by atoms with Crippen LogP contribution in [0, 0.1) is 0 Å². The summed E-state index contributed by atoms with van der Waals surface area (Å²) in [5, 5.41) is 2.57. The van der Waals surface area contributed by atoms with Gasteiger partial charge in [-0.1, -0.05) is 54.6 Å². The van der Waals surface area contributed by atoms with Crippen molar-refractivity contribution in [2.45, 2.75) is 6.18 Å². The molecular weight excluding hydrogens is 345 g/mol. The molecule has 0 unspecified atom stereocenters. The molecule has 0 N–H and O–H groups in total. The number of Topliss-reactive ketones (excluding diaryl/α,β-unsaturated/α-hetero) is 1. The lowest BCUT2D eigenvalue weighted by Gasteiger charge is -2.08. The molecule has 4 rings (SSSR count). The van der Waals surface area contributed by atoms with Gasteiger partial charge < -0.3 is 0 Å². The Bertz CT molecular complexity index is 1110. The minimum atomic E-state index is -4.90. The van der Waals surface area contributed by atoms with Gasteiger partial charge in [-0.3, -0.25) is 4.79 Å². The predicted molar refractivity (Wildman–Crippen MR) is 95.2 cm³/mol. The minimum Gasteiger partial charge on any atom is -0.283 e. The van der Waals surface area contributed by atoms with E-state index in [1.807, 2.05) is 36.4 Å². The molecule has 0 aliphatic heterocycles. The van der Waals surface area contributed by atoms with E-state index >= 15 is 0 Å². The maximum Gasteiger partial charge on any atom is 0.455 e. The van der Waals surface area contributed by atoms with E-state index in [2.05, 4.69) is 0 Å². The number of carbonyl (C=O) groups is 1. The fourth-order valence-corrected chi connectivity index (χ4v) is 4.15. The molecule has 25 heavy (non-hydrogen) atoms. The fourth-order valence-electron chi connectivity index (χ4n) is 2.97. The molecule has 0 aliphatic carbocycles. The van der Waals surface area contributed by atoms with Crippen LogP contribution >= 0.6 is 11.3 Å². The van der Waals surface area contributed by atoms with E-state index in [-0.39, 0.29) is 4.88 Å². The Morgan fingerprint density at radius 3 is 2.28 bits per heavy atom. The van der Waals surface area contributed by atoms with Crippen molar-refractivity contribution in [3.05, 3.63) is 71.6 Å². The first-order chi connectivity index (χ1) is 11.9. The van der Waals surface area contributed by atoms with Crippen LogP contribution in [-0.2, 0) is 0 Å². The van der Waals surface area contributed by atoms with E-state index in [1.165, 1.54) is 0 Å². The van der Waals surface area contributed by atoms with Crippen LogP contribution < -0.4 is 0 Å². The topological polar surface area (TPSA) is 17.1 Å². The number of ketones is 1. The first kappa shape index (κ1) is 15.8. The monoisotopic (exact) mass is 356 g/mol. The zero-order valence-electron chi connectivity index (χ0n) is 12.8. The van der Waals surface area contributed by atoms with Gasteiger partial charge in [0.15, 0.2) is 0 Å². The second-order valence-corrected chi connectivity index (χ2v) is 6.74. The molecule has 0 amide bonds. The molecule has 0 radical (unpaired) electrons. The van der Waals surface area contributed by atoms with Crippen molar-refractivity contribution < 1.29 is 18.0 Å². The van der Waals surface area contributed by atoms with Crippen molar-refractivity contribution in [3.8, 4) is 11.1 Å². The molecule has 1 aromatic heterocycles. The summed E-state index contributed by atoms with van der Waals surface area (Å²) in [5.41, 5.74) is 0.970. The highest BCUT2D eigenvalue weighted by atomic mass is 32.1. The highest BCUT2D eigenvalue weighted by Crippen LogP contribution is 2.42. The van der Waals surface area contributed by atoms with E-state index in [0.717, 1.165) is 22.1 Å². The Hall–Kier alpha value is -2.66. The van der Waals surface area contributed by atoms with Crippen LogP contribution in [0.25, 0.3) is 32.0 Å². The van der Waals surface area contributed by atoms with Gasteiger partial charge in [0.2, 0.25) is 0 Å². The van der Waals surface area contributed by atoms with Gasteiger partial charge in [0, 0.05) is 15.6 Å². The largest absolute Gasteiger partial charge is 0.455 e. The maximum atomic E-state index is 13.1. The average molecular weight is 356 g/mol. The number of carbonyl (C=O) groups excluding carboxylic acids is 1. The molecule has 1 nitrogen and oxygen atoms in total. The Morgan fingerprint density at radius 1 is 0.840 bits per heavy atom. The van der Waals surface area contributed by atoms with Crippen LogP contribution in [0.2, 0.25) is 0 Å². The van der Waals surface area contributed by atoms with E-state index in [4.69, 9.17) is 0 Å². The summed E-state index contributed by atoms with van der Waals surface area (Å²) in [4.78, 5) is 11.7. The van der Waals surface area contributed by atoms with Gasteiger partial charge in [-0.25, -0.2) is 0 Å². The molecule has 4 aromatic rings. The molecule has 1 heterocycles. The number of alkyl halides is 3. The molecule has 0 saturated heterocycles. The molecule has 0 fully saturated rings. The first-order valence-corrected chi connectivity index (χ1v) is 8.39. The quantitative estimate of drug-likeness (QED) is 0.376. The number of benzene rings is 3. The lowest BCUT2D eigenvalue weighted by atomic mass is 9.97. The maximum absolute atomic E-state index is 13.1. The van der Waals surface area contributed by atoms with Crippen LogP contribution in [0.5, 0.6) is 0 Å². The number of fused-ring (bicyclic) bond motifs is 2. The van der Waals surface area contributed by atoms with Gasteiger partial charge in [0.05, 0.1) is 4.88 Å². The Kier molecular flexibility index (Phi) is 3.62. The first-order valence-electron chi connectivity index (χ1n) is 7.57. The van der Waals surface area contributed by atoms with E-state index in [1.54, 1.807) is 30.3 Å². The second-order valence-electron chi connectivity index (χ2n) is 5.69. The Morgan fingerprint density at radius 2 is 1.52 bits per heavy atom. The molecule has 124 valence electrons. The number of hydrogen-bond donors (Lipinski definition) is 0. The third kappa shape index (κ3) is 2.70. The third-order valence-corrected chi connectivity index (χ3v) is 5.27. The molecule has 5 heteroatoms. The van der Waals surface area contributed by atoms with Crippen molar-refractivity contribution in [2.75, 3.05) is 0 Å². The summed E-state index contributed by atoms with van der Waals surface area (Å²) in [6, 6.07) is 20.1. The molecule has 0 aliphatic rings. The average Bonchev–Trinajstić information content (AvgIpc) is 2.99. The number of thiophene rings is 1. The van der Waals surface area contributed by atoms with Crippen LogP contribution in [0.15, 0.2) is 66.7 Å². The fraction of sp³-hybridized carbons (Fsp3) is 0.0500. The molecule has 3 aromatic carbocycles. The standard InChI is InChI=1S/C20H11F3OS/c21-20(22,23)19(24)18-17(15-7-3-4-8-16(15)25-18)14-10-9-12-5-1-2-6-13(12)11-14/h1-11H. The van der Waals surface area contributed by atoms with Gasteiger partial charge in [-0.15, -0.1) is 11.3 Å². The Labute approximate surface area is 145 Å². The van der Waals surface area contributed by atoms with Crippen LogP contribution in [0.1, 0.15) is 9.67 Å². The van der Waals surface area contributed by atoms with Gasteiger partial charge in [0.25, 0.3) is 5.78 Å². The summed E-state index contributed by atoms with van der Waals surface area (Å²) in [5.74, 6) is -1.79. The van der Waals surface area contributed by atoms with Gasteiger partial charge >= 0.3 is 6.18 Å². The van der Waals surface area contributed by atoms with Crippen LogP contribution in [0.3, 0.4) is 0 Å². The molecular formula is C20H11F3OS. The number of rotatable bonds is 2. The summed E-state index contributed by atoms with van der Waals surface area (Å²) >= 11 is 0.890. The van der Waals surface area contributed by atoms with Crippen molar-refractivity contribution in [2.24, 2.45) is 0 Å². The Balaban J connectivity index is 2.02. The lowest BCUT2D eigenvalue weighted by Crippen LogP contribution is -2.22. The van der Waals surface area contributed by atoms with Crippen LogP contribution in [-0.4, -0.2) is 12.0 Å². The number of hydrogen-bond acceptors (Lipinski definition) is 2. The normalized spacial score (nSPS) is 12.0. The van der Waals surface area contributed by atoms with Crippen LogP contribution in [0.4, 0.5) is 13.2 Å². The lowest BCUT2D eigenvalue weighted by molar-refractivity contribution is -0.0882. The smallest absolute Gasteiger partial charge is 0.283 e. The highest BCUT2D eigenvalue weighted by molar-refractivity contribution is 7.21. The van der Waals surface area contributed by atoms with Gasteiger partial charge in [-0.05, 0) is 28.5 Å². The van der Waals surface area contributed by atoms with E-state index in [0.29, 0.717) is 21.2 Å².